The van der Waals surface area contributed by atoms with Gasteiger partial charge in [-0.05, 0) is 34.0 Å². The largest absolute Gasteiger partial charge is 0.337 e. The Hall–Kier alpha value is -0.880. The fraction of sp³-hybridized carbons (Fsp3) is 0.400. The van der Waals surface area contributed by atoms with Crippen molar-refractivity contribution in [1.29, 1.82) is 0 Å². The van der Waals surface area contributed by atoms with Crippen LogP contribution in [0.2, 0.25) is 0 Å². The van der Waals surface area contributed by atoms with Crippen molar-refractivity contribution in [1.82, 2.24) is 10.1 Å². The Morgan fingerprint density at radius 2 is 2.31 bits per heavy atom. The van der Waals surface area contributed by atoms with Crippen LogP contribution < -0.4 is 5.32 Å². The lowest BCUT2D eigenvalue weighted by atomic mass is 10.2. The first-order chi connectivity index (χ1) is 7.65. The van der Waals surface area contributed by atoms with Crippen LogP contribution in [0.25, 0.3) is 10.7 Å². The summed E-state index contributed by atoms with van der Waals surface area (Å²) in [6.45, 7) is 5.08. The van der Waals surface area contributed by atoms with Crippen molar-refractivity contribution in [2.45, 2.75) is 13.8 Å². The fourth-order valence-corrected chi connectivity index (χ4v) is 2.43. The van der Waals surface area contributed by atoms with Gasteiger partial charge in [0.25, 0.3) is 0 Å². The highest BCUT2D eigenvalue weighted by Gasteiger charge is 2.10. The molecule has 0 radical (unpaired) electrons. The van der Waals surface area contributed by atoms with Crippen LogP contribution in [-0.4, -0.2) is 16.7 Å². The van der Waals surface area contributed by atoms with E-state index in [0.29, 0.717) is 17.8 Å². The maximum absolute atomic E-state index is 5.10. The highest BCUT2D eigenvalue weighted by Crippen LogP contribution is 2.29. The van der Waals surface area contributed by atoms with Crippen LogP contribution in [0.4, 0.5) is 6.01 Å². The molecule has 0 fully saturated rings. The van der Waals surface area contributed by atoms with Gasteiger partial charge >= 0.3 is 6.01 Å². The Morgan fingerprint density at radius 3 is 2.94 bits per heavy atom. The zero-order valence-electron chi connectivity index (χ0n) is 9.03. The lowest BCUT2D eigenvalue weighted by Gasteiger charge is -2.02. The zero-order valence-corrected chi connectivity index (χ0v) is 11.4. The van der Waals surface area contributed by atoms with Gasteiger partial charge in [0.15, 0.2) is 0 Å². The molecule has 1 N–H and O–H groups in total. The molecule has 0 saturated carbocycles. The summed E-state index contributed by atoms with van der Waals surface area (Å²) in [6.07, 6.45) is 0. The third-order valence-corrected chi connectivity index (χ3v) is 3.50. The average Bonchev–Trinajstić information content (AvgIpc) is 2.83. The van der Waals surface area contributed by atoms with Crippen molar-refractivity contribution in [3.63, 3.8) is 0 Å². The topological polar surface area (TPSA) is 51.0 Å². The number of nitrogens with one attached hydrogen (secondary N) is 1. The van der Waals surface area contributed by atoms with Crippen LogP contribution in [0.5, 0.6) is 0 Å². The van der Waals surface area contributed by atoms with Crippen LogP contribution in [0, 0.1) is 5.92 Å². The molecule has 0 unspecified atom stereocenters. The average molecular weight is 302 g/mol. The van der Waals surface area contributed by atoms with E-state index < -0.39 is 0 Å². The molecule has 0 spiro atoms. The predicted octanol–water partition coefficient (Wildman–Crippen LogP) is 3.63. The summed E-state index contributed by atoms with van der Waals surface area (Å²) in [7, 11) is 0. The predicted molar refractivity (Wildman–Crippen MR) is 68.6 cm³/mol. The minimum atomic E-state index is 0.480. The van der Waals surface area contributed by atoms with Gasteiger partial charge in [-0.2, -0.15) is 4.98 Å². The summed E-state index contributed by atoms with van der Waals surface area (Å²) in [5.41, 5.74) is 0. The Balaban J connectivity index is 2.07. The number of rotatable bonds is 4. The van der Waals surface area contributed by atoms with E-state index in [-0.39, 0.29) is 0 Å². The van der Waals surface area contributed by atoms with Gasteiger partial charge in [0.05, 0.1) is 8.66 Å². The lowest BCUT2D eigenvalue weighted by molar-refractivity contribution is 0.430. The van der Waals surface area contributed by atoms with Gasteiger partial charge < -0.3 is 9.84 Å². The van der Waals surface area contributed by atoms with Gasteiger partial charge in [-0.25, -0.2) is 0 Å². The molecule has 4 nitrogen and oxygen atoms in total. The van der Waals surface area contributed by atoms with Gasteiger partial charge in [0.1, 0.15) is 0 Å². The molecule has 2 aromatic rings. The first kappa shape index (κ1) is 11.6. The molecule has 0 saturated heterocycles. The quantitative estimate of drug-likeness (QED) is 0.937. The van der Waals surface area contributed by atoms with Crippen LogP contribution in [0.1, 0.15) is 13.8 Å². The normalized spacial score (nSPS) is 11.0. The van der Waals surface area contributed by atoms with Gasteiger partial charge in [0.2, 0.25) is 5.82 Å². The molecule has 0 bridgehead atoms. The monoisotopic (exact) mass is 301 g/mol. The van der Waals surface area contributed by atoms with Gasteiger partial charge in [-0.1, -0.05) is 19.0 Å². The van der Waals surface area contributed by atoms with E-state index in [2.05, 4.69) is 45.2 Å². The third kappa shape index (κ3) is 2.82. The van der Waals surface area contributed by atoms with E-state index in [4.69, 9.17) is 4.52 Å². The standard InChI is InChI=1S/C10H12BrN3OS/c1-6(2)5-12-10-13-9(14-15-10)7-3-4-8(11)16-7/h3-4,6H,5H2,1-2H3,(H,12,13,14). The molecule has 0 aliphatic carbocycles. The third-order valence-electron chi connectivity index (χ3n) is 1.88. The molecule has 0 aliphatic rings. The van der Waals surface area contributed by atoms with Crippen molar-refractivity contribution < 1.29 is 4.52 Å². The second-order valence-corrected chi connectivity index (χ2v) is 6.26. The van der Waals surface area contributed by atoms with Crippen molar-refractivity contribution in [3.8, 4) is 10.7 Å². The number of halogens is 1. The number of hydrogen-bond donors (Lipinski definition) is 1. The smallest absolute Gasteiger partial charge is 0.321 e. The number of thiophene rings is 1. The molecule has 0 aromatic carbocycles. The number of nitrogens with zero attached hydrogens (tertiary/aromatic N) is 2. The molecule has 16 heavy (non-hydrogen) atoms. The van der Waals surface area contributed by atoms with E-state index in [1.165, 1.54) is 0 Å². The van der Waals surface area contributed by atoms with E-state index in [0.717, 1.165) is 15.2 Å². The van der Waals surface area contributed by atoms with E-state index in [1.807, 2.05) is 12.1 Å². The molecule has 0 aliphatic heterocycles. The maximum atomic E-state index is 5.10. The molecule has 0 atom stereocenters. The van der Waals surface area contributed by atoms with Crippen molar-refractivity contribution in [2.75, 3.05) is 11.9 Å². The lowest BCUT2D eigenvalue weighted by Crippen LogP contribution is -2.07. The Bertz CT molecular complexity index is 466. The van der Waals surface area contributed by atoms with E-state index >= 15 is 0 Å². The van der Waals surface area contributed by atoms with E-state index in [1.54, 1.807) is 11.3 Å². The van der Waals surface area contributed by atoms with Gasteiger partial charge in [-0.15, -0.1) is 11.3 Å². The van der Waals surface area contributed by atoms with Crippen LogP contribution in [0.15, 0.2) is 20.4 Å². The SMILES string of the molecule is CC(C)CNc1nc(-c2ccc(Br)s2)no1. The summed E-state index contributed by atoms with van der Waals surface area (Å²) >= 11 is 4.99. The number of hydrogen-bond acceptors (Lipinski definition) is 5. The summed E-state index contributed by atoms with van der Waals surface area (Å²) in [6, 6.07) is 4.41. The van der Waals surface area contributed by atoms with Crippen molar-refractivity contribution >= 4 is 33.3 Å². The highest BCUT2D eigenvalue weighted by atomic mass is 79.9. The van der Waals surface area contributed by atoms with Crippen molar-refractivity contribution in [3.05, 3.63) is 15.9 Å². The van der Waals surface area contributed by atoms with Crippen LogP contribution in [0.3, 0.4) is 0 Å². The van der Waals surface area contributed by atoms with E-state index in [9.17, 15) is 0 Å². The molecule has 2 rings (SSSR count). The summed E-state index contributed by atoms with van der Waals surface area (Å²) in [5.74, 6) is 1.17. The molecule has 6 heteroatoms. The number of aromatic nitrogens is 2. The van der Waals surface area contributed by atoms with Crippen LogP contribution >= 0.6 is 27.3 Å². The fourth-order valence-electron chi connectivity index (χ4n) is 1.12. The summed E-state index contributed by atoms with van der Waals surface area (Å²) in [5, 5.41) is 7.01. The second-order valence-electron chi connectivity index (χ2n) is 3.80. The molecule has 86 valence electrons. The molecule has 0 amide bonds. The zero-order chi connectivity index (χ0) is 11.5. The number of anilines is 1. The minimum Gasteiger partial charge on any atom is -0.337 e. The summed E-state index contributed by atoms with van der Waals surface area (Å²) < 4.78 is 6.16. The Kier molecular flexibility index (Phi) is 3.60. The van der Waals surface area contributed by atoms with Crippen molar-refractivity contribution in [2.24, 2.45) is 5.92 Å². The van der Waals surface area contributed by atoms with Crippen LogP contribution in [-0.2, 0) is 0 Å². The van der Waals surface area contributed by atoms with Gasteiger partial charge in [0, 0.05) is 6.54 Å². The molecular formula is C10H12BrN3OS. The molecule has 2 aromatic heterocycles. The highest BCUT2D eigenvalue weighted by molar-refractivity contribution is 9.11. The minimum absolute atomic E-state index is 0.480. The first-order valence-corrected chi connectivity index (χ1v) is 6.59. The summed E-state index contributed by atoms with van der Waals surface area (Å²) in [4.78, 5) is 5.26. The molecule has 2 heterocycles. The van der Waals surface area contributed by atoms with Gasteiger partial charge in [-0.3, -0.25) is 0 Å². The maximum Gasteiger partial charge on any atom is 0.321 e. The Labute approximate surface area is 106 Å². The first-order valence-electron chi connectivity index (χ1n) is 4.98. The molecular weight excluding hydrogens is 290 g/mol. The Morgan fingerprint density at radius 1 is 1.50 bits per heavy atom. The second kappa shape index (κ2) is 4.97.